The molecular weight excluding hydrogens is 338 g/mol. The lowest BCUT2D eigenvalue weighted by Crippen LogP contribution is -2.28. The van der Waals surface area contributed by atoms with E-state index < -0.39 is 11.7 Å². The summed E-state index contributed by atoms with van der Waals surface area (Å²) in [4.78, 5) is 25.1. The molecule has 1 aromatic rings. The second-order valence-electron chi connectivity index (χ2n) is 4.52. The van der Waals surface area contributed by atoms with Crippen LogP contribution in [0.4, 0.5) is 11.4 Å². The van der Waals surface area contributed by atoms with Crippen LogP contribution in [0.3, 0.4) is 0 Å². The van der Waals surface area contributed by atoms with E-state index in [0.29, 0.717) is 41.8 Å². The average molecular weight is 352 g/mol. The molecule has 0 aromatic heterocycles. The number of carbonyl (C=O) groups excluding carboxylic acids is 2. The minimum absolute atomic E-state index is 0.364. The Kier molecular flexibility index (Phi) is 4.94. The third kappa shape index (κ3) is 3.23. The number of ether oxygens (including phenoxy) is 1. The van der Waals surface area contributed by atoms with Gasteiger partial charge in [-0.3, -0.25) is 9.59 Å². The van der Waals surface area contributed by atoms with Crippen molar-refractivity contribution in [2.24, 2.45) is 0 Å². The molecule has 110 valence electrons. The Morgan fingerprint density at radius 3 is 2.81 bits per heavy atom. The first-order valence-corrected chi connectivity index (χ1v) is 7.18. The number of nitrogens with one attached hydrogen (secondary N) is 1. The van der Waals surface area contributed by atoms with Crippen molar-refractivity contribution in [2.45, 2.75) is 6.42 Å². The largest absolute Gasteiger partial charge is 0.383 e. The van der Waals surface area contributed by atoms with Gasteiger partial charge in [0.25, 0.3) is 11.7 Å². The minimum atomic E-state index is -0.616. The number of hydrogen-bond acceptors (Lipinski definition) is 5. The molecule has 1 N–H and O–H groups in total. The number of carbonyl (C=O) groups is 2. The number of anilines is 2. The second-order valence-corrected chi connectivity index (χ2v) is 5.37. The lowest BCUT2D eigenvalue weighted by Gasteiger charge is -2.25. The Hall–Kier alpha value is -1.91. The highest BCUT2D eigenvalue weighted by atomic mass is 79.9. The molecule has 0 fully saturated rings. The number of halogens is 1. The number of nitriles is 1. The number of nitrogens with zero attached hydrogens (tertiary/aromatic N) is 2. The van der Waals surface area contributed by atoms with Gasteiger partial charge >= 0.3 is 0 Å². The molecule has 0 spiro atoms. The van der Waals surface area contributed by atoms with Crippen LogP contribution in [0.5, 0.6) is 0 Å². The van der Waals surface area contributed by atoms with E-state index in [2.05, 4.69) is 27.3 Å². The Morgan fingerprint density at radius 2 is 2.14 bits per heavy atom. The van der Waals surface area contributed by atoms with E-state index in [1.54, 1.807) is 19.2 Å². The number of rotatable bonds is 6. The van der Waals surface area contributed by atoms with Crippen molar-refractivity contribution in [1.82, 2.24) is 0 Å². The monoisotopic (exact) mass is 351 g/mol. The fraction of sp³-hybridized carbons (Fsp3) is 0.357. The number of benzene rings is 1. The smallest absolute Gasteiger partial charge is 0.296 e. The molecule has 2 rings (SSSR count). The molecule has 7 heteroatoms. The summed E-state index contributed by atoms with van der Waals surface area (Å²) < 4.78 is 5.79. The third-order valence-corrected chi connectivity index (χ3v) is 3.82. The quantitative estimate of drug-likeness (QED) is 0.792. The van der Waals surface area contributed by atoms with Crippen LogP contribution in [-0.2, 0) is 9.53 Å². The molecule has 0 radical (unpaired) electrons. The van der Waals surface area contributed by atoms with Gasteiger partial charge in [0.15, 0.2) is 0 Å². The highest BCUT2D eigenvalue weighted by Gasteiger charge is 2.29. The molecule has 0 atom stereocenters. The first-order valence-electron chi connectivity index (χ1n) is 6.38. The summed E-state index contributed by atoms with van der Waals surface area (Å²) in [5.74, 6) is -1.15. The summed E-state index contributed by atoms with van der Waals surface area (Å²) in [6.07, 6.45) is 0.374. The fourth-order valence-electron chi connectivity index (χ4n) is 2.14. The summed E-state index contributed by atoms with van der Waals surface area (Å²) in [5.41, 5.74) is 1.68. The molecule has 0 unspecified atom stereocenters. The molecule has 0 saturated heterocycles. The molecule has 21 heavy (non-hydrogen) atoms. The highest BCUT2D eigenvalue weighted by molar-refractivity contribution is 9.10. The van der Waals surface area contributed by atoms with Crippen LogP contribution >= 0.6 is 15.9 Å². The average Bonchev–Trinajstić information content (AvgIpc) is 2.74. The summed E-state index contributed by atoms with van der Waals surface area (Å²) >= 11 is 3.43. The van der Waals surface area contributed by atoms with E-state index in [1.807, 2.05) is 4.90 Å². The van der Waals surface area contributed by atoms with Crippen molar-refractivity contribution in [1.29, 1.82) is 5.26 Å². The number of ketones is 1. The normalized spacial score (nSPS) is 12.8. The Morgan fingerprint density at radius 1 is 1.38 bits per heavy atom. The van der Waals surface area contributed by atoms with Crippen LogP contribution in [0.25, 0.3) is 0 Å². The molecule has 1 aliphatic heterocycles. The third-order valence-electron chi connectivity index (χ3n) is 3.19. The number of Topliss-reactive ketones (excluding diaryl/α,β-unsaturated/α-hetero) is 1. The molecule has 1 amide bonds. The zero-order valence-corrected chi connectivity index (χ0v) is 13.1. The van der Waals surface area contributed by atoms with Crippen molar-refractivity contribution >= 4 is 39.0 Å². The zero-order chi connectivity index (χ0) is 15.4. The number of amides is 1. The molecule has 1 aliphatic rings. The maximum atomic E-state index is 11.7. The van der Waals surface area contributed by atoms with E-state index in [1.165, 1.54) is 0 Å². The van der Waals surface area contributed by atoms with Crippen molar-refractivity contribution in [3.05, 3.63) is 22.2 Å². The van der Waals surface area contributed by atoms with Gasteiger partial charge in [0, 0.05) is 24.7 Å². The maximum absolute atomic E-state index is 11.7. The van der Waals surface area contributed by atoms with Crippen LogP contribution in [0.15, 0.2) is 16.6 Å². The zero-order valence-electron chi connectivity index (χ0n) is 11.5. The van der Waals surface area contributed by atoms with Gasteiger partial charge in [0.05, 0.1) is 36.0 Å². The maximum Gasteiger partial charge on any atom is 0.296 e. The van der Waals surface area contributed by atoms with E-state index >= 15 is 0 Å². The number of hydrogen-bond donors (Lipinski definition) is 1. The van der Waals surface area contributed by atoms with Crippen molar-refractivity contribution in [3.8, 4) is 6.07 Å². The van der Waals surface area contributed by atoms with Crippen LogP contribution < -0.4 is 10.2 Å². The van der Waals surface area contributed by atoms with Crippen molar-refractivity contribution in [3.63, 3.8) is 0 Å². The van der Waals surface area contributed by atoms with Gasteiger partial charge in [-0.15, -0.1) is 0 Å². The van der Waals surface area contributed by atoms with Crippen molar-refractivity contribution in [2.75, 3.05) is 37.0 Å². The molecule has 0 aliphatic carbocycles. The lowest BCUT2D eigenvalue weighted by atomic mass is 10.1. The van der Waals surface area contributed by atoms with E-state index in [0.717, 1.165) is 5.69 Å². The van der Waals surface area contributed by atoms with E-state index in [-0.39, 0.29) is 0 Å². The highest BCUT2D eigenvalue weighted by Crippen LogP contribution is 2.35. The molecule has 1 aromatic carbocycles. The van der Waals surface area contributed by atoms with E-state index in [4.69, 9.17) is 10.00 Å². The fourth-order valence-corrected chi connectivity index (χ4v) is 2.73. The first kappa shape index (κ1) is 15.5. The summed E-state index contributed by atoms with van der Waals surface area (Å²) in [6, 6.07) is 5.49. The predicted octanol–water partition coefficient (Wildman–Crippen LogP) is 1.95. The number of methoxy groups -OCH3 is 1. The van der Waals surface area contributed by atoms with Gasteiger partial charge in [-0.05, 0) is 28.1 Å². The SMILES string of the molecule is COCCN(CCC#N)c1cc2c(cc1Br)C(=O)C(=O)N2. The van der Waals surface area contributed by atoms with Crippen LogP contribution in [0.2, 0.25) is 0 Å². The van der Waals surface area contributed by atoms with Crippen LogP contribution in [-0.4, -0.2) is 38.5 Å². The van der Waals surface area contributed by atoms with Gasteiger partial charge in [-0.2, -0.15) is 5.26 Å². The molecule has 1 heterocycles. The number of fused-ring (bicyclic) bond motifs is 1. The van der Waals surface area contributed by atoms with Gasteiger partial charge in [0.2, 0.25) is 0 Å². The summed E-state index contributed by atoms with van der Waals surface area (Å²) in [6.45, 7) is 1.66. The topological polar surface area (TPSA) is 82.4 Å². The molecule has 0 bridgehead atoms. The van der Waals surface area contributed by atoms with Gasteiger partial charge in [0.1, 0.15) is 0 Å². The van der Waals surface area contributed by atoms with Crippen LogP contribution in [0, 0.1) is 11.3 Å². The van der Waals surface area contributed by atoms with Crippen LogP contribution in [0.1, 0.15) is 16.8 Å². The standard InChI is InChI=1S/C14H14BrN3O3/c1-21-6-5-18(4-2-3-16)12-8-11-9(7-10(12)15)13(19)14(20)17-11/h7-8H,2,4-6H2,1H3,(H,17,19,20). The second kappa shape index (κ2) is 6.70. The van der Waals surface area contributed by atoms with Gasteiger partial charge < -0.3 is 15.0 Å². The summed E-state index contributed by atoms with van der Waals surface area (Å²) in [7, 11) is 1.61. The molecule has 6 nitrogen and oxygen atoms in total. The van der Waals surface area contributed by atoms with Crippen molar-refractivity contribution < 1.29 is 14.3 Å². The minimum Gasteiger partial charge on any atom is -0.383 e. The Balaban J connectivity index is 2.33. The van der Waals surface area contributed by atoms with Gasteiger partial charge in [-0.25, -0.2) is 0 Å². The van der Waals surface area contributed by atoms with Gasteiger partial charge in [-0.1, -0.05) is 0 Å². The van der Waals surface area contributed by atoms with E-state index in [9.17, 15) is 9.59 Å². The summed E-state index contributed by atoms with van der Waals surface area (Å²) in [5, 5.41) is 11.3. The molecular formula is C14H14BrN3O3. The predicted molar refractivity (Wildman–Crippen MR) is 81.4 cm³/mol. The first-order chi connectivity index (χ1) is 10.1. The Bertz CT molecular complexity index is 625. The lowest BCUT2D eigenvalue weighted by molar-refractivity contribution is -0.112. The molecule has 0 saturated carbocycles. The Labute approximate surface area is 130 Å².